The summed E-state index contributed by atoms with van der Waals surface area (Å²) >= 11 is 0. The third-order valence-electron chi connectivity index (χ3n) is 12.7. The van der Waals surface area contributed by atoms with E-state index in [0.29, 0.717) is 37.5 Å². The molecule has 5 atom stereocenters. The van der Waals surface area contributed by atoms with Crippen LogP contribution in [0.4, 0.5) is 0 Å². The number of unbranched alkanes of at least 4 members (excludes halogenated alkanes) is 25. The predicted octanol–water partition coefficient (Wildman–Crippen LogP) is 14.5. The van der Waals surface area contributed by atoms with Gasteiger partial charge in [0.2, 0.25) is 0 Å². The highest BCUT2D eigenvalue weighted by Gasteiger charge is 2.30. The lowest BCUT2D eigenvalue weighted by atomic mass is 10.0. The fourth-order valence-electron chi connectivity index (χ4n) is 8.12. The Labute approximate surface area is 454 Å². The second-order valence-corrected chi connectivity index (χ2v) is 24.2. The number of ether oxygens (including phenoxy) is 4. The maximum absolute atomic E-state index is 12.9. The zero-order valence-electron chi connectivity index (χ0n) is 47.8. The summed E-state index contributed by atoms with van der Waals surface area (Å²) in [6, 6.07) is 0. The molecule has 0 bridgehead atoms. The molecule has 444 valence electrons. The van der Waals surface area contributed by atoms with E-state index in [1.807, 2.05) is 0 Å². The largest absolute Gasteiger partial charge is 0.472 e. The fraction of sp³-hybridized carbons (Fsp3) is 0.929. The van der Waals surface area contributed by atoms with Crippen LogP contribution in [0.1, 0.15) is 266 Å². The third kappa shape index (κ3) is 51.3. The van der Waals surface area contributed by atoms with Gasteiger partial charge in [-0.2, -0.15) is 0 Å². The van der Waals surface area contributed by atoms with Crippen molar-refractivity contribution in [3.8, 4) is 0 Å². The Kier molecular flexibility index (Phi) is 47.9. The first-order valence-electron chi connectivity index (χ1n) is 29.5. The van der Waals surface area contributed by atoms with Gasteiger partial charge < -0.3 is 33.8 Å². The molecule has 0 rings (SSSR count). The number of rotatable bonds is 55. The number of hydrogen-bond donors (Lipinski definition) is 3. The molecule has 3 N–H and O–H groups in total. The van der Waals surface area contributed by atoms with Crippen LogP contribution in [0.25, 0.3) is 0 Å². The lowest BCUT2D eigenvalue weighted by Crippen LogP contribution is -2.30. The number of hydrogen-bond acceptors (Lipinski definition) is 15. The van der Waals surface area contributed by atoms with Gasteiger partial charge in [-0.1, -0.05) is 215 Å². The van der Waals surface area contributed by atoms with Gasteiger partial charge in [-0.15, -0.1) is 0 Å². The molecule has 0 aromatic rings. The summed E-state index contributed by atoms with van der Waals surface area (Å²) in [6.45, 7) is 9.18. The Balaban J connectivity index is 5.19. The molecule has 0 heterocycles. The predicted molar refractivity (Wildman–Crippen MR) is 294 cm³/mol. The van der Waals surface area contributed by atoms with Crippen molar-refractivity contribution >= 4 is 39.5 Å². The van der Waals surface area contributed by atoms with E-state index in [1.165, 1.54) is 70.6 Å². The number of aliphatic hydroxyl groups excluding tert-OH is 1. The first-order chi connectivity index (χ1) is 35.9. The maximum Gasteiger partial charge on any atom is 0.472 e. The summed E-state index contributed by atoms with van der Waals surface area (Å²) in [5.41, 5.74) is 0. The molecule has 0 aliphatic heterocycles. The van der Waals surface area contributed by atoms with Crippen LogP contribution in [0.2, 0.25) is 0 Å². The van der Waals surface area contributed by atoms with Gasteiger partial charge in [-0.3, -0.25) is 37.3 Å². The van der Waals surface area contributed by atoms with Crippen molar-refractivity contribution in [3.05, 3.63) is 0 Å². The van der Waals surface area contributed by atoms with Gasteiger partial charge in [-0.05, 0) is 37.5 Å². The molecule has 0 fully saturated rings. The maximum atomic E-state index is 12.9. The molecule has 0 aromatic heterocycles. The van der Waals surface area contributed by atoms with Crippen molar-refractivity contribution in [2.45, 2.75) is 285 Å². The van der Waals surface area contributed by atoms with Crippen LogP contribution in [0, 0.1) is 11.8 Å². The van der Waals surface area contributed by atoms with Crippen molar-refractivity contribution in [2.24, 2.45) is 11.8 Å². The lowest BCUT2D eigenvalue weighted by molar-refractivity contribution is -0.161. The number of esters is 4. The first kappa shape index (κ1) is 73.1. The molecule has 17 nitrogen and oxygen atoms in total. The van der Waals surface area contributed by atoms with Crippen molar-refractivity contribution in [1.29, 1.82) is 0 Å². The molecule has 0 aromatic carbocycles. The molecule has 0 saturated heterocycles. The average Bonchev–Trinajstić information content (AvgIpc) is 3.36. The van der Waals surface area contributed by atoms with Gasteiger partial charge in [0.25, 0.3) is 0 Å². The smallest absolute Gasteiger partial charge is 0.462 e. The highest BCUT2D eigenvalue weighted by atomic mass is 31.2. The molecule has 0 aliphatic rings. The molecule has 75 heavy (non-hydrogen) atoms. The number of phosphoric acid groups is 2. The Bertz CT molecular complexity index is 1500. The molecule has 19 heteroatoms. The summed E-state index contributed by atoms with van der Waals surface area (Å²) in [4.78, 5) is 71.5. The van der Waals surface area contributed by atoms with Gasteiger partial charge in [0.15, 0.2) is 12.2 Å². The second-order valence-electron chi connectivity index (χ2n) is 21.3. The van der Waals surface area contributed by atoms with E-state index in [-0.39, 0.29) is 25.7 Å². The Hall–Kier alpha value is -1.94. The molecule has 0 amide bonds. The number of phosphoric ester groups is 2. The van der Waals surface area contributed by atoms with Gasteiger partial charge >= 0.3 is 39.5 Å². The number of aliphatic hydroxyl groups is 1. The van der Waals surface area contributed by atoms with Crippen LogP contribution in [-0.4, -0.2) is 96.7 Å². The summed E-state index contributed by atoms with van der Waals surface area (Å²) in [5, 5.41) is 10.5. The summed E-state index contributed by atoms with van der Waals surface area (Å²) < 4.78 is 67.4. The molecular weight excluding hydrogens is 1010 g/mol. The first-order valence-corrected chi connectivity index (χ1v) is 32.5. The lowest BCUT2D eigenvalue weighted by Gasteiger charge is -2.21. The van der Waals surface area contributed by atoms with E-state index in [2.05, 4.69) is 41.5 Å². The minimum atomic E-state index is -4.93. The zero-order valence-corrected chi connectivity index (χ0v) is 49.6. The van der Waals surface area contributed by atoms with Crippen molar-refractivity contribution in [3.63, 3.8) is 0 Å². The van der Waals surface area contributed by atoms with Crippen LogP contribution in [0.3, 0.4) is 0 Å². The average molecular weight is 1120 g/mol. The molecular formula is C56H108O17P2. The summed E-state index contributed by atoms with van der Waals surface area (Å²) in [7, 11) is -9.86. The molecule has 0 aliphatic carbocycles. The van der Waals surface area contributed by atoms with E-state index in [9.17, 15) is 43.2 Å². The van der Waals surface area contributed by atoms with Crippen molar-refractivity contribution in [2.75, 3.05) is 39.6 Å². The Morgan fingerprint density at radius 3 is 0.907 bits per heavy atom. The Morgan fingerprint density at radius 1 is 0.360 bits per heavy atom. The van der Waals surface area contributed by atoms with E-state index >= 15 is 0 Å². The van der Waals surface area contributed by atoms with Crippen molar-refractivity contribution < 1.29 is 80.2 Å². The molecule has 0 radical (unpaired) electrons. The number of carbonyl (C=O) groups is 4. The number of carbonyl (C=O) groups excluding carboxylic acids is 4. The highest BCUT2D eigenvalue weighted by molar-refractivity contribution is 7.47. The standard InChI is InChI=1S/C56H108O17P2/c1-7-9-11-13-14-15-16-17-20-28-34-40-55(60)72-52(45-67-54(59)39-33-27-21-18-19-25-30-36-48(3)4)47-71-75(64,65)69-43-50(57)42-68-74(62,63)70-46-51(44-66-53(58)38-32-24-12-10-8-2)73-56(61)41-35-29-23-22-26-31-37-49(5)6/h48-52,57H,7-47H2,1-6H3,(H,62,63)(H,64,65)/t50-,51+,52+/m0/s1. The molecule has 0 spiro atoms. The van der Waals surface area contributed by atoms with E-state index < -0.39 is 97.5 Å². The zero-order chi connectivity index (χ0) is 55.8. The van der Waals surface area contributed by atoms with Gasteiger partial charge in [0.1, 0.15) is 19.3 Å². The molecule has 2 unspecified atom stereocenters. The minimum absolute atomic E-state index is 0.101. The van der Waals surface area contributed by atoms with Crippen LogP contribution in [-0.2, 0) is 65.4 Å². The monoisotopic (exact) mass is 1110 g/mol. The fourth-order valence-corrected chi connectivity index (χ4v) is 9.70. The van der Waals surface area contributed by atoms with Gasteiger partial charge in [0, 0.05) is 25.7 Å². The van der Waals surface area contributed by atoms with Gasteiger partial charge in [0.05, 0.1) is 26.4 Å². The van der Waals surface area contributed by atoms with E-state index in [4.69, 9.17) is 37.0 Å². The van der Waals surface area contributed by atoms with Crippen molar-refractivity contribution in [1.82, 2.24) is 0 Å². The third-order valence-corrected chi connectivity index (χ3v) is 14.6. The topological polar surface area (TPSA) is 237 Å². The minimum Gasteiger partial charge on any atom is -0.462 e. The van der Waals surface area contributed by atoms with Crippen LogP contribution < -0.4 is 0 Å². The van der Waals surface area contributed by atoms with E-state index in [1.54, 1.807) is 0 Å². The SMILES string of the molecule is CCCCCCCCCCCCCC(=O)O[C@H](COC(=O)CCCCCCCCCC(C)C)COP(=O)(O)OC[C@@H](O)COP(=O)(O)OC[C@@H](COC(=O)CCCCCCC)OC(=O)CCCCCCCCC(C)C. The van der Waals surface area contributed by atoms with Gasteiger partial charge in [-0.25, -0.2) is 9.13 Å². The second kappa shape index (κ2) is 49.1. The van der Waals surface area contributed by atoms with E-state index in [0.717, 1.165) is 103 Å². The summed E-state index contributed by atoms with van der Waals surface area (Å²) in [5.74, 6) is -0.785. The molecule has 0 saturated carbocycles. The van der Waals surface area contributed by atoms with Crippen LogP contribution >= 0.6 is 15.6 Å². The van der Waals surface area contributed by atoms with Crippen LogP contribution in [0.15, 0.2) is 0 Å². The van der Waals surface area contributed by atoms with Crippen LogP contribution in [0.5, 0.6) is 0 Å². The normalized spacial score (nSPS) is 14.5. The quantitative estimate of drug-likeness (QED) is 0.0222. The summed E-state index contributed by atoms with van der Waals surface area (Å²) in [6.07, 6.45) is 28.6. The Morgan fingerprint density at radius 2 is 0.613 bits per heavy atom. The highest BCUT2D eigenvalue weighted by Crippen LogP contribution is 2.45.